The number of nitrogens with zero attached hydrogens (tertiary/aromatic N) is 1. The van der Waals surface area contributed by atoms with Crippen LogP contribution in [0.1, 0.15) is 59.8 Å². The minimum absolute atomic E-state index is 0.255. The summed E-state index contributed by atoms with van der Waals surface area (Å²) in [7, 11) is 0. The van der Waals surface area contributed by atoms with Crippen LogP contribution in [-0.4, -0.2) is 36.5 Å². The summed E-state index contributed by atoms with van der Waals surface area (Å²) in [6, 6.07) is 0.507. The van der Waals surface area contributed by atoms with Gasteiger partial charge < -0.3 is 10.2 Å². The van der Waals surface area contributed by atoms with Crippen LogP contribution in [-0.2, 0) is 4.79 Å². The molecule has 2 unspecified atom stereocenters. The Kier molecular flexibility index (Phi) is 5.11. The van der Waals surface area contributed by atoms with Gasteiger partial charge in [-0.05, 0) is 44.1 Å². The first kappa shape index (κ1) is 15.8. The molecule has 3 nitrogen and oxygen atoms in total. The molecule has 1 saturated heterocycles. The van der Waals surface area contributed by atoms with Crippen LogP contribution >= 0.6 is 0 Å². The number of amides is 1. The van der Waals surface area contributed by atoms with E-state index in [1.54, 1.807) is 0 Å². The average Bonchev–Trinajstić information content (AvgIpc) is 3.18. The van der Waals surface area contributed by atoms with Crippen LogP contribution in [0.3, 0.4) is 0 Å². The van der Waals surface area contributed by atoms with Gasteiger partial charge in [0.25, 0.3) is 0 Å². The fraction of sp³-hybridized carbons (Fsp3) is 0.941. The molecule has 2 rings (SSSR count). The minimum Gasteiger partial charge on any atom is -0.340 e. The summed E-state index contributed by atoms with van der Waals surface area (Å²) >= 11 is 0. The van der Waals surface area contributed by atoms with E-state index in [-0.39, 0.29) is 5.41 Å². The summed E-state index contributed by atoms with van der Waals surface area (Å²) in [6.45, 7) is 11.4. The molecule has 2 fully saturated rings. The van der Waals surface area contributed by atoms with Crippen LogP contribution in [0.25, 0.3) is 0 Å². The first-order valence-electron chi connectivity index (χ1n) is 8.43. The lowest BCUT2D eigenvalue weighted by atomic mass is 9.87. The van der Waals surface area contributed by atoms with Gasteiger partial charge in [0.2, 0.25) is 5.91 Å². The predicted octanol–water partition coefficient (Wildman–Crippen LogP) is 3.05. The number of nitrogens with one attached hydrogen (secondary N) is 1. The van der Waals surface area contributed by atoms with Gasteiger partial charge in [-0.2, -0.15) is 0 Å². The third kappa shape index (κ3) is 4.47. The van der Waals surface area contributed by atoms with Crippen molar-refractivity contribution in [2.24, 2.45) is 17.3 Å². The second-order valence-electron chi connectivity index (χ2n) is 7.90. The molecule has 1 heterocycles. The van der Waals surface area contributed by atoms with Gasteiger partial charge >= 0.3 is 0 Å². The molecule has 116 valence electrons. The summed E-state index contributed by atoms with van der Waals surface area (Å²) in [4.78, 5) is 14.7. The van der Waals surface area contributed by atoms with Crippen LogP contribution in [0.15, 0.2) is 0 Å². The van der Waals surface area contributed by atoms with Gasteiger partial charge in [0.15, 0.2) is 0 Å². The van der Waals surface area contributed by atoms with E-state index in [9.17, 15) is 4.79 Å². The van der Waals surface area contributed by atoms with Crippen molar-refractivity contribution in [3.05, 3.63) is 0 Å². The topological polar surface area (TPSA) is 32.3 Å². The standard InChI is InChI=1S/C17H32N2O/c1-5-6-14-9-15(18-10-13-7-8-13)12-19(11-14)16(20)17(2,3)4/h13-15,18H,5-12H2,1-4H3. The Morgan fingerprint density at radius 1 is 1.20 bits per heavy atom. The summed E-state index contributed by atoms with van der Waals surface area (Å²) in [5.41, 5.74) is -0.255. The van der Waals surface area contributed by atoms with Crippen LogP contribution in [0.2, 0.25) is 0 Å². The summed E-state index contributed by atoms with van der Waals surface area (Å²) in [6.07, 6.45) is 6.49. The molecule has 0 bridgehead atoms. The maximum Gasteiger partial charge on any atom is 0.228 e. The predicted molar refractivity (Wildman–Crippen MR) is 83.6 cm³/mol. The van der Waals surface area contributed by atoms with Crippen molar-refractivity contribution in [3.8, 4) is 0 Å². The Morgan fingerprint density at radius 2 is 1.90 bits per heavy atom. The molecule has 2 aliphatic rings. The smallest absolute Gasteiger partial charge is 0.228 e. The molecule has 1 aliphatic carbocycles. The molecular formula is C17H32N2O. The highest BCUT2D eigenvalue weighted by Gasteiger charge is 2.34. The number of likely N-dealkylation sites (tertiary alicyclic amines) is 1. The zero-order valence-corrected chi connectivity index (χ0v) is 13.7. The number of hydrogen-bond acceptors (Lipinski definition) is 2. The summed E-state index contributed by atoms with van der Waals surface area (Å²) < 4.78 is 0. The van der Waals surface area contributed by atoms with Gasteiger partial charge in [0.1, 0.15) is 0 Å². The molecule has 3 heteroatoms. The Labute approximate surface area is 124 Å². The normalized spacial score (nSPS) is 27.7. The minimum atomic E-state index is -0.255. The largest absolute Gasteiger partial charge is 0.340 e. The Balaban J connectivity index is 1.93. The van der Waals surface area contributed by atoms with Crippen molar-refractivity contribution in [1.82, 2.24) is 10.2 Å². The van der Waals surface area contributed by atoms with Crippen LogP contribution in [0.4, 0.5) is 0 Å². The zero-order chi connectivity index (χ0) is 14.8. The monoisotopic (exact) mass is 280 g/mol. The van der Waals surface area contributed by atoms with Crippen molar-refractivity contribution in [2.45, 2.75) is 65.8 Å². The van der Waals surface area contributed by atoms with Crippen molar-refractivity contribution < 1.29 is 4.79 Å². The highest BCUT2D eigenvalue weighted by Crippen LogP contribution is 2.29. The fourth-order valence-electron chi connectivity index (χ4n) is 3.26. The third-order valence-electron chi connectivity index (χ3n) is 4.56. The highest BCUT2D eigenvalue weighted by molar-refractivity contribution is 5.81. The summed E-state index contributed by atoms with van der Waals surface area (Å²) in [5, 5.41) is 3.71. The van der Waals surface area contributed by atoms with Crippen molar-refractivity contribution >= 4 is 5.91 Å². The number of hydrogen-bond donors (Lipinski definition) is 1. The number of rotatable bonds is 5. The molecule has 20 heavy (non-hydrogen) atoms. The van der Waals surface area contributed by atoms with Crippen molar-refractivity contribution in [2.75, 3.05) is 19.6 Å². The van der Waals surface area contributed by atoms with Gasteiger partial charge in [0.05, 0.1) is 0 Å². The van der Waals surface area contributed by atoms with E-state index < -0.39 is 0 Å². The number of carbonyl (C=O) groups excluding carboxylic acids is 1. The molecule has 1 N–H and O–H groups in total. The lowest BCUT2D eigenvalue weighted by molar-refractivity contribution is -0.142. The quantitative estimate of drug-likeness (QED) is 0.839. The van der Waals surface area contributed by atoms with Gasteiger partial charge in [-0.25, -0.2) is 0 Å². The maximum atomic E-state index is 12.6. The molecule has 1 amide bonds. The lowest BCUT2D eigenvalue weighted by Gasteiger charge is -2.41. The van der Waals surface area contributed by atoms with Gasteiger partial charge in [-0.3, -0.25) is 4.79 Å². The molecule has 2 atom stereocenters. The first-order valence-corrected chi connectivity index (χ1v) is 8.43. The van der Waals surface area contributed by atoms with Crippen LogP contribution in [0.5, 0.6) is 0 Å². The van der Waals surface area contributed by atoms with Gasteiger partial charge in [0, 0.05) is 24.5 Å². The van der Waals surface area contributed by atoms with Crippen molar-refractivity contribution in [3.63, 3.8) is 0 Å². The Bertz CT molecular complexity index is 330. The molecule has 0 spiro atoms. The summed E-state index contributed by atoms with van der Waals surface area (Å²) in [5.74, 6) is 1.90. The van der Waals surface area contributed by atoms with E-state index in [0.29, 0.717) is 17.9 Å². The fourth-order valence-corrected chi connectivity index (χ4v) is 3.26. The van der Waals surface area contributed by atoms with E-state index in [2.05, 4.69) is 17.1 Å². The number of piperidine rings is 1. The molecule has 0 aromatic heterocycles. The van der Waals surface area contributed by atoms with Crippen molar-refractivity contribution in [1.29, 1.82) is 0 Å². The van der Waals surface area contributed by atoms with Gasteiger partial charge in [-0.1, -0.05) is 34.1 Å². The second-order valence-corrected chi connectivity index (χ2v) is 7.90. The average molecular weight is 280 g/mol. The molecule has 1 aliphatic heterocycles. The zero-order valence-electron chi connectivity index (χ0n) is 13.7. The SMILES string of the molecule is CCCC1CC(NCC2CC2)CN(C(=O)C(C)(C)C)C1. The maximum absolute atomic E-state index is 12.6. The van der Waals surface area contributed by atoms with E-state index in [0.717, 1.165) is 25.6 Å². The van der Waals surface area contributed by atoms with E-state index in [1.165, 1.54) is 32.1 Å². The molecule has 0 aromatic carbocycles. The molecule has 1 saturated carbocycles. The third-order valence-corrected chi connectivity index (χ3v) is 4.56. The molecule has 0 aromatic rings. The van der Waals surface area contributed by atoms with E-state index in [4.69, 9.17) is 0 Å². The van der Waals surface area contributed by atoms with E-state index in [1.807, 2.05) is 20.8 Å². The second kappa shape index (κ2) is 6.46. The number of carbonyl (C=O) groups is 1. The van der Waals surface area contributed by atoms with Crippen LogP contribution in [0, 0.1) is 17.3 Å². The molecular weight excluding hydrogens is 248 g/mol. The van der Waals surface area contributed by atoms with Crippen LogP contribution < -0.4 is 5.32 Å². The Morgan fingerprint density at radius 3 is 2.45 bits per heavy atom. The van der Waals surface area contributed by atoms with Gasteiger partial charge in [-0.15, -0.1) is 0 Å². The van der Waals surface area contributed by atoms with E-state index >= 15 is 0 Å². The Hall–Kier alpha value is -0.570. The molecule has 0 radical (unpaired) electrons. The first-order chi connectivity index (χ1) is 9.40. The lowest BCUT2D eigenvalue weighted by Crippen LogP contribution is -2.54. The highest BCUT2D eigenvalue weighted by atomic mass is 16.2.